The smallest absolute Gasteiger partial charge is 0.241 e. The Hall–Kier alpha value is -1.51. The van der Waals surface area contributed by atoms with Gasteiger partial charge in [-0.2, -0.15) is 0 Å². The molecule has 3 nitrogen and oxygen atoms in total. The minimum atomic E-state index is 0.00423. The number of benzene rings is 1. The maximum atomic E-state index is 11.8. The molecular weight excluding hydrogens is 382 g/mol. The lowest BCUT2D eigenvalue weighted by molar-refractivity contribution is -0.121. The minimum Gasteiger partial charge on any atom is -0.508 e. The zero-order chi connectivity index (χ0) is 22.4. The van der Waals surface area contributed by atoms with Crippen LogP contribution in [0.1, 0.15) is 134 Å². The highest BCUT2D eigenvalue weighted by atomic mass is 16.3. The first-order valence-electron chi connectivity index (χ1n) is 13.2. The third kappa shape index (κ3) is 17.8. The molecule has 0 aliphatic rings. The first-order chi connectivity index (χ1) is 15.2. The molecule has 0 fully saturated rings. The number of hydrogen-bond acceptors (Lipinski definition) is 2. The number of amides is 1. The van der Waals surface area contributed by atoms with Gasteiger partial charge in [-0.3, -0.25) is 4.79 Å². The van der Waals surface area contributed by atoms with Gasteiger partial charge in [0.15, 0.2) is 0 Å². The monoisotopic (exact) mass is 430 g/mol. The van der Waals surface area contributed by atoms with E-state index < -0.39 is 0 Å². The van der Waals surface area contributed by atoms with Crippen molar-refractivity contribution in [3.63, 3.8) is 0 Å². The van der Waals surface area contributed by atoms with Gasteiger partial charge < -0.3 is 5.11 Å². The van der Waals surface area contributed by atoms with Crippen molar-refractivity contribution in [1.29, 1.82) is 0 Å². The number of aromatic hydroxyl groups is 1. The zero-order valence-electron chi connectivity index (χ0n) is 20.3. The molecule has 0 aromatic heterocycles. The lowest BCUT2D eigenvalue weighted by atomic mass is 10.0. The van der Waals surface area contributed by atoms with Gasteiger partial charge in [0.1, 0.15) is 5.75 Å². The van der Waals surface area contributed by atoms with Crippen molar-refractivity contribution in [2.24, 2.45) is 0 Å². The molecule has 1 radical (unpaired) electrons. The van der Waals surface area contributed by atoms with E-state index in [-0.39, 0.29) is 11.7 Å². The van der Waals surface area contributed by atoms with Gasteiger partial charge in [-0.1, -0.05) is 128 Å². The van der Waals surface area contributed by atoms with Gasteiger partial charge in [0, 0.05) is 6.42 Å². The molecular formula is C28H48NO2. The van der Waals surface area contributed by atoms with E-state index in [9.17, 15) is 9.90 Å². The van der Waals surface area contributed by atoms with E-state index in [1.165, 1.54) is 103 Å². The Labute approximate surface area is 192 Å². The van der Waals surface area contributed by atoms with Crippen LogP contribution in [-0.4, -0.2) is 11.0 Å². The number of carbonyl (C=O) groups excluding carboxylic acids is 1. The summed E-state index contributed by atoms with van der Waals surface area (Å²) in [7, 11) is 0. The highest BCUT2D eigenvalue weighted by Crippen LogP contribution is 2.15. The zero-order valence-corrected chi connectivity index (χ0v) is 20.3. The van der Waals surface area contributed by atoms with Crippen LogP contribution < -0.4 is 5.32 Å². The molecule has 0 atom stereocenters. The van der Waals surface area contributed by atoms with Gasteiger partial charge in [-0.25, -0.2) is 5.32 Å². The molecule has 0 heterocycles. The van der Waals surface area contributed by atoms with Crippen molar-refractivity contribution in [1.82, 2.24) is 5.32 Å². The second kappa shape index (κ2) is 20.4. The SMILES string of the molecule is CCCCCCCCCCCCCCCCCCCCC(=O)[N]Cc1ccc(O)cc1. The standard InChI is InChI=1S/C28H48NO2/c1-2-3-4-5-6-7-8-9-10-11-12-13-14-15-16-17-18-19-20-28(31)29-25-26-21-23-27(30)24-22-26/h21-24,30H,2-20,25H2,1H3. The largest absolute Gasteiger partial charge is 0.508 e. The highest BCUT2D eigenvalue weighted by molar-refractivity contribution is 5.75. The molecule has 31 heavy (non-hydrogen) atoms. The van der Waals surface area contributed by atoms with E-state index >= 15 is 0 Å². The summed E-state index contributed by atoms with van der Waals surface area (Å²) in [5.41, 5.74) is 0.962. The Balaban J connectivity index is 1.75. The number of nitrogens with zero attached hydrogens (tertiary/aromatic N) is 1. The molecule has 0 unspecified atom stereocenters. The maximum Gasteiger partial charge on any atom is 0.241 e. The van der Waals surface area contributed by atoms with E-state index in [2.05, 4.69) is 12.2 Å². The first kappa shape index (κ1) is 27.5. The Bertz CT molecular complexity index is 526. The highest BCUT2D eigenvalue weighted by Gasteiger charge is 2.03. The van der Waals surface area contributed by atoms with E-state index in [4.69, 9.17) is 0 Å². The van der Waals surface area contributed by atoms with E-state index in [0.717, 1.165) is 18.4 Å². The van der Waals surface area contributed by atoms with Crippen LogP contribution in [0.25, 0.3) is 0 Å². The Morgan fingerprint density at radius 3 is 1.45 bits per heavy atom. The molecule has 1 aromatic rings. The van der Waals surface area contributed by atoms with Gasteiger partial charge >= 0.3 is 0 Å². The Morgan fingerprint density at radius 1 is 0.645 bits per heavy atom. The quantitative estimate of drug-likeness (QED) is 0.199. The molecule has 0 spiro atoms. The van der Waals surface area contributed by atoms with Crippen LogP contribution in [0.15, 0.2) is 24.3 Å². The summed E-state index contributed by atoms with van der Waals surface area (Å²) in [6.07, 6.45) is 25.0. The van der Waals surface area contributed by atoms with Crippen molar-refractivity contribution < 1.29 is 9.90 Å². The third-order valence-corrected chi connectivity index (χ3v) is 6.12. The third-order valence-electron chi connectivity index (χ3n) is 6.12. The van der Waals surface area contributed by atoms with Crippen molar-refractivity contribution in [3.05, 3.63) is 29.8 Å². The summed E-state index contributed by atoms with van der Waals surface area (Å²) < 4.78 is 0. The molecule has 177 valence electrons. The molecule has 0 aliphatic carbocycles. The molecule has 0 bridgehead atoms. The van der Waals surface area contributed by atoms with Gasteiger partial charge in [0.25, 0.3) is 0 Å². The summed E-state index contributed by atoms with van der Waals surface area (Å²) in [5.74, 6) is 0.249. The number of rotatable bonds is 21. The predicted molar refractivity (Wildman–Crippen MR) is 132 cm³/mol. The molecule has 1 aromatic carbocycles. The summed E-state index contributed by atoms with van der Waals surface area (Å²) in [4.78, 5) is 11.8. The second-order valence-corrected chi connectivity index (χ2v) is 9.14. The average molecular weight is 431 g/mol. The lowest BCUT2D eigenvalue weighted by Gasteiger charge is -2.04. The van der Waals surface area contributed by atoms with E-state index in [1.54, 1.807) is 12.1 Å². The Kier molecular flexibility index (Phi) is 18.1. The molecule has 1 N–H and O–H groups in total. The maximum absolute atomic E-state index is 11.8. The van der Waals surface area contributed by atoms with Crippen molar-refractivity contribution in [3.8, 4) is 5.75 Å². The second-order valence-electron chi connectivity index (χ2n) is 9.14. The first-order valence-corrected chi connectivity index (χ1v) is 13.2. The van der Waals surface area contributed by atoms with Gasteiger partial charge in [0.05, 0.1) is 6.54 Å². The van der Waals surface area contributed by atoms with Crippen LogP contribution in [0, 0.1) is 0 Å². The summed E-state index contributed by atoms with van der Waals surface area (Å²) >= 11 is 0. The van der Waals surface area contributed by atoms with Crippen molar-refractivity contribution in [2.45, 2.75) is 135 Å². The number of phenolic OH excluding ortho intramolecular Hbond substituents is 1. The summed E-state index contributed by atoms with van der Waals surface area (Å²) in [5, 5.41) is 13.4. The van der Waals surface area contributed by atoms with Crippen molar-refractivity contribution >= 4 is 5.91 Å². The Morgan fingerprint density at radius 2 is 1.03 bits per heavy atom. The van der Waals surface area contributed by atoms with E-state index in [0.29, 0.717) is 13.0 Å². The molecule has 0 aliphatic heterocycles. The fourth-order valence-electron chi connectivity index (χ4n) is 4.04. The van der Waals surface area contributed by atoms with Crippen LogP contribution in [0.2, 0.25) is 0 Å². The average Bonchev–Trinajstić information content (AvgIpc) is 2.78. The normalized spacial score (nSPS) is 11.0. The topological polar surface area (TPSA) is 51.4 Å². The van der Waals surface area contributed by atoms with Crippen LogP contribution in [-0.2, 0) is 11.3 Å². The number of hydrogen-bond donors (Lipinski definition) is 1. The van der Waals surface area contributed by atoms with Crippen LogP contribution in [0.3, 0.4) is 0 Å². The minimum absolute atomic E-state index is 0.00423. The van der Waals surface area contributed by atoms with Crippen LogP contribution in [0.4, 0.5) is 0 Å². The molecule has 3 heteroatoms. The van der Waals surface area contributed by atoms with Gasteiger partial charge in [0.2, 0.25) is 5.91 Å². The van der Waals surface area contributed by atoms with Gasteiger partial charge in [-0.05, 0) is 24.1 Å². The molecule has 0 saturated heterocycles. The fraction of sp³-hybridized carbons (Fsp3) is 0.750. The lowest BCUT2D eigenvalue weighted by Crippen LogP contribution is -2.14. The van der Waals surface area contributed by atoms with Crippen molar-refractivity contribution in [2.75, 3.05) is 0 Å². The molecule has 1 rings (SSSR count). The number of carbonyl (C=O) groups is 1. The summed E-state index contributed by atoms with van der Waals surface area (Å²) in [6.45, 7) is 2.70. The number of phenols is 1. The van der Waals surface area contributed by atoms with Gasteiger partial charge in [-0.15, -0.1) is 0 Å². The predicted octanol–water partition coefficient (Wildman–Crippen LogP) is 8.46. The van der Waals surface area contributed by atoms with Crippen LogP contribution >= 0.6 is 0 Å². The summed E-state index contributed by atoms with van der Waals surface area (Å²) in [6, 6.07) is 6.88. The fourth-order valence-corrected chi connectivity index (χ4v) is 4.04. The number of unbranched alkanes of at least 4 members (excludes halogenated alkanes) is 17. The molecule has 1 amide bonds. The van der Waals surface area contributed by atoms with Crippen LogP contribution in [0.5, 0.6) is 5.75 Å². The molecule has 0 saturated carbocycles. The van der Waals surface area contributed by atoms with E-state index in [1.807, 2.05) is 12.1 Å².